The van der Waals surface area contributed by atoms with E-state index in [2.05, 4.69) is 69.8 Å². The number of allylic oxidation sites excluding steroid dienone is 1. The summed E-state index contributed by atoms with van der Waals surface area (Å²) in [5.41, 5.74) is 9.05. The summed E-state index contributed by atoms with van der Waals surface area (Å²) in [6.45, 7) is 11.1. The van der Waals surface area contributed by atoms with Gasteiger partial charge in [-0.05, 0) is 74.0 Å². The van der Waals surface area contributed by atoms with E-state index in [0.29, 0.717) is 5.41 Å². The third kappa shape index (κ3) is 2.36. The molecule has 0 heterocycles. The van der Waals surface area contributed by atoms with Crippen molar-refractivity contribution in [3.8, 4) is 0 Å². The molecule has 0 heteroatoms. The molecule has 0 nitrogen and oxygen atoms in total. The van der Waals surface area contributed by atoms with Crippen molar-refractivity contribution in [2.45, 2.75) is 46.0 Å². The van der Waals surface area contributed by atoms with Crippen molar-refractivity contribution in [3.63, 3.8) is 0 Å². The van der Waals surface area contributed by atoms with E-state index in [1.165, 1.54) is 46.2 Å². The average molecular weight is 302 g/mol. The number of hydrogen-bond donors (Lipinski definition) is 0. The van der Waals surface area contributed by atoms with Crippen molar-refractivity contribution in [1.82, 2.24) is 0 Å². The number of aryl methyl sites for hydroxylation is 3. The maximum atomic E-state index is 4.50. The van der Waals surface area contributed by atoms with Gasteiger partial charge < -0.3 is 0 Å². The van der Waals surface area contributed by atoms with Crippen molar-refractivity contribution in [1.29, 1.82) is 0 Å². The zero-order valence-corrected chi connectivity index (χ0v) is 14.5. The van der Waals surface area contributed by atoms with Crippen molar-refractivity contribution in [3.05, 3.63) is 82.4 Å². The summed E-state index contributed by atoms with van der Waals surface area (Å²) >= 11 is 0. The predicted molar refractivity (Wildman–Crippen MR) is 97.8 cm³/mol. The lowest BCUT2D eigenvalue weighted by Crippen LogP contribution is -2.26. The molecule has 3 atom stereocenters. The highest BCUT2D eigenvalue weighted by molar-refractivity contribution is 5.43. The van der Waals surface area contributed by atoms with Gasteiger partial charge in [0.1, 0.15) is 0 Å². The smallest absolute Gasteiger partial charge is 0.00440 e. The Morgan fingerprint density at radius 2 is 1.70 bits per heavy atom. The van der Waals surface area contributed by atoms with E-state index in [1.807, 2.05) is 0 Å². The van der Waals surface area contributed by atoms with Crippen molar-refractivity contribution < 1.29 is 0 Å². The normalized spacial score (nSPS) is 28.0. The van der Waals surface area contributed by atoms with Gasteiger partial charge in [0, 0.05) is 0 Å². The van der Waals surface area contributed by atoms with E-state index < -0.39 is 0 Å². The zero-order chi connectivity index (χ0) is 16.2. The van der Waals surface area contributed by atoms with Crippen molar-refractivity contribution in [2.24, 2.45) is 11.3 Å². The number of rotatable bonds is 4. The van der Waals surface area contributed by atoms with Crippen LogP contribution in [0.25, 0.3) is 0 Å². The molecule has 2 aliphatic carbocycles. The number of hydrogen-bond acceptors (Lipinski definition) is 0. The molecular weight excluding hydrogens is 276 g/mol. The minimum Gasteiger partial charge on any atom is -0.0990 e. The Labute approximate surface area is 140 Å². The highest BCUT2D eigenvalue weighted by Gasteiger charge is 2.67. The van der Waals surface area contributed by atoms with E-state index >= 15 is 0 Å². The minimum absolute atomic E-state index is 0.464. The molecule has 0 N–H and O–H groups in total. The molecule has 0 aliphatic heterocycles. The van der Waals surface area contributed by atoms with Gasteiger partial charge in [-0.3, -0.25) is 0 Å². The van der Waals surface area contributed by atoms with Crippen LogP contribution >= 0.6 is 0 Å². The third-order valence-corrected chi connectivity index (χ3v) is 6.32. The first-order chi connectivity index (χ1) is 11.0. The van der Waals surface area contributed by atoms with Crippen LogP contribution in [0.1, 0.15) is 46.6 Å². The van der Waals surface area contributed by atoms with Crippen molar-refractivity contribution in [2.75, 3.05) is 0 Å². The monoisotopic (exact) mass is 302 g/mol. The van der Waals surface area contributed by atoms with Crippen LogP contribution in [0.3, 0.4) is 0 Å². The van der Waals surface area contributed by atoms with Crippen LogP contribution in [0.2, 0.25) is 0 Å². The lowest BCUT2D eigenvalue weighted by molar-refractivity contribution is 0.287. The highest BCUT2D eigenvalue weighted by Crippen LogP contribution is 2.77. The quantitative estimate of drug-likeness (QED) is 0.616. The Hall–Kier alpha value is -1.82. The topological polar surface area (TPSA) is 0 Å². The van der Waals surface area contributed by atoms with E-state index in [0.717, 1.165) is 18.3 Å². The summed E-state index contributed by atoms with van der Waals surface area (Å²) in [6.07, 6.45) is 3.73. The molecule has 0 aromatic heterocycles. The predicted octanol–water partition coefficient (Wildman–Crippen LogP) is 5.90. The molecule has 2 fully saturated rings. The first-order valence-corrected chi connectivity index (χ1v) is 8.80. The molecule has 3 unspecified atom stereocenters. The summed E-state index contributed by atoms with van der Waals surface area (Å²) in [4.78, 5) is 0. The Bertz CT molecular complexity index is 765. The highest BCUT2D eigenvalue weighted by atomic mass is 14.7. The average Bonchev–Trinajstić information content (AvgIpc) is 3.11. The van der Waals surface area contributed by atoms with Crippen molar-refractivity contribution >= 4 is 0 Å². The second-order valence-electron chi connectivity index (χ2n) is 7.90. The van der Waals surface area contributed by atoms with Gasteiger partial charge in [-0.1, -0.05) is 65.7 Å². The molecule has 0 amide bonds. The maximum absolute atomic E-state index is 4.50. The van der Waals surface area contributed by atoms with Gasteiger partial charge in [0.25, 0.3) is 0 Å². The summed E-state index contributed by atoms with van der Waals surface area (Å²) in [6, 6.07) is 16.0. The molecule has 2 aromatic rings. The Morgan fingerprint density at radius 3 is 2.39 bits per heavy atom. The molecule has 2 saturated carbocycles. The van der Waals surface area contributed by atoms with Gasteiger partial charge in [0.2, 0.25) is 0 Å². The van der Waals surface area contributed by atoms with E-state index in [9.17, 15) is 0 Å². The third-order valence-electron chi connectivity index (χ3n) is 6.32. The van der Waals surface area contributed by atoms with Crippen LogP contribution in [0.5, 0.6) is 0 Å². The maximum Gasteiger partial charge on any atom is -0.00440 e. The van der Waals surface area contributed by atoms with Gasteiger partial charge in [-0.2, -0.15) is 0 Å². The molecule has 0 bridgehead atoms. The fourth-order valence-corrected chi connectivity index (χ4v) is 4.58. The van der Waals surface area contributed by atoms with Gasteiger partial charge in [0.05, 0.1) is 0 Å². The first kappa shape index (κ1) is 14.8. The minimum atomic E-state index is 0.464. The SMILES string of the molecule is C=C(Cc1cc(C)ccc1C)C12CC(c3ccc(C)cc3)C1C2. The summed E-state index contributed by atoms with van der Waals surface area (Å²) < 4.78 is 0. The van der Waals surface area contributed by atoms with E-state index in [4.69, 9.17) is 0 Å². The van der Waals surface area contributed by atoms with Gasteiger partial charge in [-0.15, -0.1) is 0 Å². The van der Waals surface area contributed by atoms with Crippen LogP contribution in [0, 0.1) is 32.1 Å². The van der Waals surface area contributed by atoms with Crippen LogP contribution < -0.4 is 0 Å². The Kier molecular flexibility index (Phi) is 3.27. The lowest BCUT2D eigenvalue weighted by Gasteiger charge is -2.37. The molecule has 0 radical (unpaired) electrons. The fraction of sp³-hybridized carbons (Fsp3) is 0.391. The summed E-state index contributed by atoms with van der Waals surface area (Å²) in [5, 5.41) is 0. The van der Waals surface area contributed by atoms with E-state index in [-0.39, 0.29) is 0 Å². The van der Waals surface area contributed by atoms with Crippen LogP contribution in [0.15, 0.2) is 54.6 Å². The summed E-state index contributed by atoms with van der Waals surface area (Å²) in [7, 11) is 0. The molecular formula is C23H26. The fourth-order valence-electron chi connectivity index (χ4n) is 4.58. The first-order valence-electron chi connectivity index (χ1n) is 8.80. The second kappa shape index (κ2) is 5.09. The molecule has 0 spiro atoms. The summed E-state index contributed by atoms with van der Waals surface area (Å²) in [5.74, 6) is 1.62. The molecule has 118 valence electrons. The van der Waals surface area contributed by atoms with Gasteiger partial charge in [0.15, 0.2) is 0 Å². The second-order valence-corrected chi connectivity index (χ2v) is 7.90. The number of fused-ring (bicyclic) bond motifs is 1. The largest absolute Gasteiger partial charge is 0.0990 e. The molecule has 2 aromatic carbocycles. The van der Waals surface area contributed by atoms with Crippen LogP contribution in [0.4, 0.5) is 0 Å². The Balaban J connectivity index is 1.46. The lowest BCUT2D eigenvalue weighted by atomic mass is 9.67. The van der Waals surface area contributed by atoms with Crippen LogP contribution in [-0.2, 0) is 6.42 Å². The molecule has 2 aliphatic rings. The standard InChI is InChI=1S/C23H26/c1-15-6-9-19(10-7-15)21-13-23(14-22(21)23)18(4)12-20-11-16(2)5-8-17(20)3/h5-11,21-22H,4,12-14H2,1-3H3. The molecule has 0 saturated heterocycles. The molecule has 4 rings (SSSR count). The van der Waals surface area contributed by atoms with Gasteiger partial charge >= 0.3 is 0 Å². The van der Waals surface area contributed by atoms with Crippen LogP contribution in [-0.4, -0.2) is 0 Å². The molecule has 23 heavy (non-hydrogen) atoms. The Morgan fingerprint density at radius 1 is 1.00 bits per heavy atom. The number of benzene rings is 2. The van der Waals surface area contributed by atoms with E-state index in [1.54, 1.807) is 0 Å². The zero-order valence-electron chi connectivity index (χ0n) is 14.5. The van der Waals surface area contributed by atoms with Gasteiger partial charge in [-0.25, -0.2) is 0 Å².